The maximum Gasteiger partial charge on any atom is 0.348 e. The number of nitrogens with zero attached hydrogens (tertiary/aromatic N) is 2. The quantitative estimate of drug-likeness (QED) is 0.444. The zero-order valence-corrected chi connectivity index (χ0v) is 17.7. The minimum Gasteiger partial charge on any atom is -0.489 e. The molecule has 160 valence electrons. The third-order valence-electron chi connectivity index (χ3n) is 7.16. The molecular weight excluding hydrogens is 392 g/mol. The van der Waals surface area contributed by atoms with E-state index in [4.69, 9.17) is 19.2 Å². The van der Waals surface area contributed by atoms with Gasteiger partial charge in [-0.1, -0.05) is 18.2 Å². The molecule has 0 amide bonds. The van der Waals surface area contributed by atoms with Gasteiger partial charge in [0.25, 0.3) is 0 Å². The lowest BCUT2D eigenvalue weighted by molar-refractivity contribution is -0.00627. The minimum atomic E-state index is -0.423. The molecule has 2 unspecified atom stereocenters. The Morgan fingerprint density at radius 2 is 2.03 bits per heavy atom. The Morgan fingerprint density at radius 3 is 2.68 bits per heavy atom. The largest absolute Gasteiger partial charge is 0.489 e. The van der Waals surface area contributed by atoms with E-state index in [9.17, 15) is 4.79 Å². The van der Waals surface area contributed by atoms with Gasteiger partial charge in [-0.25, -0.2) is 9.78 Å². The van der Waals surface area contributed by atoms with Crippen molar-refractivity contribution in [1.29, 1.82) is 0 Å². The maximum atomic E-state index is 13.0. The van der Waals surface area contributed by atoms with Crippen LogP contribution in [0.5, 0.6) is 11.5 Å². The van der Waals surface area contributed by atoms with Crippen LogP contribution in [0.3, 0.4) is 0 Å². The second-order valence-corrected chi connectivity index (χ2v) is 9.51. The van der Waals surface area contributed by atoms with Gasteiger partial charge < -0.3 is 18.6 Å². The van der Waals surface area contributed by atoms with E-state index in [0.717, 1.165) is 49.9 Å². The Hall–Kier alpha value is -2.86. The van der Waals surface area contributed by atoms with Crippen LogP contribution in [0.2, 0.25) is 0 Å². The van der Waals surface area contributed by atoms with E-state index < -0.39 is 5.97 Å². The summed E-state index contributed by atoms with van der Waals surface area (Å²) in [5.74, 6) is 0.640. The monoisotopic (exact) mass is 418 g/mol. The summed E-state index contributed by atoms with van der Waals surface area (Å²) in [6.07, 6.45) is 10.3. The van der Waals surface area contributed by atoms with E-state index in [0.29, 0.717) is 23.7 Å². The molecule has 2 atom stereocenters. The van der Waals surface area contributed by atoms with Gasteiger partial charge in [0.05, 0.1) is 24.0 Å². The van der Waals surface area contributed by atoms with Crippen LogP contribution in [0.4, 0.5) is 0 Å². The van der Waals surface area contributed by atoms with Crippen molar-refractivity contribution in [1.82, 2.24) is 9.38 Å². The molecule has 3 heterocycles. The lowest BCUT2D eigenvalue weighted by atomic mass is 9.84. The van der Waals surface area contributed by atoms with Crippen LogP contribution in [0.25, 0.3) is 5.65 Å². The number of rotatable bonds is 5. The molecule has 0 spiro atoms. The molecule has 1 saturated heterocycles. The molecule has 2 aromatic heterocycles. The molecule has 6 nitrogen and oxygen atoms in total. The summed E-state index contributed by atoms with van der Waals surface area (Å²) in [4.78, 5) is 18.0. The third kappa shape index (κ3) is 3.21. The van der Waals surface area contributed by atoms with Crippen molar-refractivity contribution in [3.8, 4) is 11.5 Å². The smallest absolute Gasteiger partial charge is 0.348 e. The Bertz CT molecular complexity index is 1140. The first-order valence-electron chi connectivity index (χ1n) is 11.1. The van der Waals surface area contributed by atoms with Crippen LogP contribution in [0.1, 0.15) is 61.5 Å². The highest BCUT2D eigenvalue weighted by Crippen LogP contribution is 2.53. The number of hydrogen-bond donors (Lipinski definition) is 0. The number of esters is 1. The zero-order chi connectivity index (χ0) is 21.1. The molecule has 1 aliphatic heterocycles. The number of hydrogen-bond acceptors (Lipinski definition) is 5. The number of ether oxygens (including phenoxy) is 3. The normalized spacial score (nSPS) is 27.4. The molecule has 2 bridgehead atoms. The van der Waals surface area contributed by atoms with Crippen molar-refractivity contribution in [3.63, 3.8) is 0 Å². The predicted molar refractivity (Wildman–Crippen MR) is 115 cm³/mol. The van der Waals surface area contributed by atoms with Crippen LogP contribution in [-0.2, 0) is 10.2 Å². The molecule has 3 fully saturated rings. The van der Waals surface area contributed by atoms with E-state index in [1.807, 2.05) is 34.9 Å². The summed E-state index contributed by atoms with van der Waals surface area (Å²) in [6.45, 7) is 2.90. The summed E-state index contributed by atoms with van der Waals surface area (Å²) in [5.41, 5.74) is 2.19. The van der Waals surface area contributed by atoms with Gasteiger partial charge in [0, 0.05) is 23.9 Å². The predicted octanol–water partition coefficient (Wildman–Crippen LogP) is 4.70. The standard InChI is InChI=1S/C25H26N2O4/c1-24-10-11-25(15-24,16-29-24)21-14-27-13-19(23(28)31-18-6-3-2-4-7-18)20(12-22(27)26-21)30-17-8-5-9-17/h2-4,6-7,12-14,17H,5,8-11,15-16H2,1H3. The molecule has 0 radical (unpaired) electrons. The zero-order valence-electron chi connectivity index (χ0n) is 17.7. The summed E-state index contributed by atoms with van der Waals surface area (Å²) < 4.78 is 19.8. The fraction of sp³-hybridized carbons (Fsp3) is 0.440. The summed E-state index contributed by atoms with van der Waals surface area (Å²) in [5, 5.41) is 0. The van der Waals surface area contributed by atoms with E-state index in [2.05, 4.69) is 6.92 Å². The van der Waals surface area contributed by atoms with Crippen molar-refractivity contribution in [3.05, 3.63) is 60.0 Å². The van der Waals surface area contributed by atoms with Crippen molar-refractivity contribution < 1.29 is 19.0 Å². The van der Waals surface area contributed by atoms with E-state index in [1.165, 1.54) is 0 Å². The molecular formula is C25H26N2O4. The molecule has 6 heteroatoms. The molecule has 1 aromatic carbocycles. The molecule has 2 saturated carbocycles. The first-order chi connectivity index (χ1) is 15.0. The molecule has 2 aliphatic carbocycles. The number of carbonyl (C=O) groups is 1. The van der Waals surface area contributed by atoms with Crippen molar-refractivity contribution in [2.24, 2.45) is 0 Å². The lowest BCUT2D eigenvalue weighted by Gasteiger charge is -2.27. The van der Waals surface area contributed by atoms with Gasteiger partial charge in [0.1, 0.15) is 22.7 Å². The van der Waals surface area contributed by atoms with Gasteiger partial charge in [-0.05, 0) is 57.6 Å². The number of fused-ring (bicyclic) bond motifs is 3. The fourth-order valence-corrected chi connectivity index (χ4v) is 5.09. The van der Waals surface area contributed by atoms with Gasteiger partial charge in [0.15, 0.2) is 0 Å². The fourth-order valence-electron chi connectivity index (χ4n) is 5.09. The second-order valence-electron chi connectivity index (χ2n) is 9.51. The van der Waals surface area contributed by atoms with Crippen LogP contribution in [0, 0.1) is 0 Å². The molecule has 3 aromatic rings. The number of aromatic nitrogens is 2. The summed E-state index contributed by atoms with van der Waals surface area (Å²) in [7, 11) is 0. The minimum absolute atomic E-state index is 0.0273. The average molecular weight is 418 g/mol. The van der Waals surface area contributed by atoms with Crippen molar-refractivity contribution >= 4 is 11.6 Å². The molecule has 0 N–H and O–H groups in total. The van der Waals surface area contributed by atoms with Gasteiger partial charge in [-0.3, -0.25) is 0 Å². The summed E-state index contributed by atoms with van der Waals surface area (Å²) in [6, 6.07) is 11.0. The third-order valence-corrected chi connectivity index (χ3v) is 7.16. The first kappa shape index (κ1) is 18.9. The van der Waals surface area contributed by atoms with Crippen molar-refractivity contribution in [2.75, 3.05) is 6.61 Å². The Labute approximate surface area is 181 Å². The topological polar surface area (TPSA) is 62.1 Å². The number of carbonyl (C=O) groups excluding carboxylic acids is 1. The van der Waals surface area contributed by atoms with E-state index in [1.54, 1.807) is 18.3 Å². The van der Waals surface area contributed by atoms with Gasteiger partial charge in [-0.15, -0.1) is 0 Å². The molecule has 3 aliphatic rings. The highest BCUT2D eigenvalue weighted by atomic mass is 16.5. The number of benzene rings is 1. The number of para-hydroxylation sites is 1. The number of pyridine rings is 1. The first-order valence-corrected chi connectivity index (χ1v) is 11.1. The Morgan fingerprint density at radius 1 is 1.19 bits per heavy atom. The number of imidazole rings is 1. The van der Waals surface area contributed by atoms with Crippen LogP contribution < -0.4 is 9.47 Å². The van der Waals surface area contributed by atoms with Crippen LogP contribution in [-0.4, -0.2) is 33.7 Å². The van der Waals surface area contributed by atoms with E-state index in [-0.39, 0.29) is 17.1 Å². The van der Waals surface area contributed by atoms with Gasteiger partial charge >= 0.3 is 5.97 Å². The van der Waals surface area contributed by atoms with Gasteiger partial charge in [0.2, 0.25) is 0 Å². The summed E-state index contributed by atoms with van der Waals surface area (Å²) >= 11 is 0. The Balaban J connectivity index is 1.38. The average Bonchev–Trinajstić information content (AvgIpc) is 3.41. The molecule has 31 heavy (non-hydrogen) atoms. The second kappa shape index (κ2) is 6.82. The highest BCUT2D eigenvalue weighted by molar-refractivity contribution is 5.94. The maximum absolute atomic E-state index is 13.0. The van der Waals surface area contributed by atoms with Crippen LogP contribution in [0.15, 0.2) is 48.8 Å². The lowest BCUT2D eigenvalue weighted by Crippen LogP contribution is -2.26. The van der Waals surface area contributed by atoms with Gasteiger partial charge in [-0.2, -0.15) is 0 Å². The SMILES string of the molecule is CC12CCC(c3cn4cc(C(=O)Oc5ccccc5)c(OC5CCC5)cc4n3)(CO1)C2. The Kier molecular flexibility index (Phi) is 4.15. The van der Waals surface area contributed by atoms with Crippen LogP contribution >= 0.6 is 0 Å². The van der Waals surface area contributed by atoms with Crippen molar-refractivity contribution in [2.45, 2.75) is 62.6 Å². The van der Waals surface area contributed by atoms with E-state index >= 15 is 0 Å². The highest BCUT2D eigenvalue weighted by Gasteiger charge is 2.55. The molecule has 6 rings (SSSR count).